The lowest BCUT2D eigenvalue weighted by atomic mass is 9.80. The number of fused-ring (bicyclic) bond motifs is 9. The predicted octanol–water partition coefficient (Wildman–Crippen LogP) is 11.5. The smallest absolute Gasteiger partial charge is 0.0887 e. The number of benzene rings is 6. The van der Waals surface area contributed by atoms with E-state index < -0.39 is 0 Å². The van der Waals surface area contributed by atoms with Crippen LogP contribution < -0.4 is 0 Å². The molecule has 2 aliphatic carbocycles. The van der Waals surface area contributed by atoms with Gasteiger partial charge in [-0.15, -0.1) is 0 Å². The predicted molar refractivity (Wildman–Crippen MR) is 204 cm³/mol. The third-order valence-corrected chi connectivity index (χ3v) is 10.0. The SMILES string of the molecule is CC1(C)c2ccccc2-c2ccc3c(ccc4c3c3ccccc3n4/C=C(/N=C3C=CC=CC3=N)c3cccc(-c4ccccc4)c3)c21. The minimum Gasteiger partial charge on any atom is -0.314 e. The normalized spacial score (nSPS) is 15.9. The molecule has 6 aromatic carbocycles. The number of aliphatic imine (C=N–C) groups is 1. The van der Waals surface area contributed by atoms with Gasteiger partial charge in [0.25, 0.3) is 0 Å². The Morgan fingerprint density at radius 2 is 1.40 bits per heavy atom. The van der Waals surface area contributed by atoms with Crippen molar-refractivity contribution in [3.05, 3.63) is 168 Å². The second kappa shape index (κ2) is 10.8. The van der Waals surface area contributed by atoms with Crippen LogP contribution in [0.4, 0.5) is 0 Å². The maximum atomic E-state index is 8.62. The van der Waals surface area contributed by atoms with Crippen molar-refractivity contribution in [3.8, 4) is 22.3 Å². The lowest BCUT2D eigenvalue weighted by Crippen LogP contribution is -2.15. The van der Waals surface area contributed by atoms with Crippen molar-refractivity contribution in [2.24, 2.45) is 4.99 Å². The topological polar surface area (TPSA) is 41.1 Å². The Balaban J connectivity index is 1.31. The number of hydrogen-bond acceptors (Lipinski definition) is 2. The molecule has 0 bridgehead atoms. The van der Waals surface area contributed by atoms with E-state index in [1.165, 1.54) is 43.8 Å². The lowest BCUT2D eigenvalue weighted by Gasteiger charge is -2.23. The third-order valence-electron chi connectivity index (χ3n) is 10.0. The molecule has 7 aromatic rings. The van der Waals surface area contributed by atoms with E-state index >= 15 is 0 Å². The molecule has 2 aliphatic rings. The van der Waals surface area contributed by atoms with Gasteiger partial charge in [0.15, 0.2) is 0 Å². The maximum Gasteiger partial charge on any atom is 0.0887 e. The summed E-state index contributed by atoms with van der Waals surface area (Å²) in [5, 5.41) is 13.6. The lowest BCUT2D eigenvalue weighted by molar-refractivity contribution is 0.666. The van der Waals surface area contributed by atoms with E-state index in [0.717, 1.165) is 33.4 Å². The van der Waals surface area contributed by atoms with Crippen molar-refractivity contribution in [3.63, 3.8) is 0 Å². The molecule has 9 rings (SSSR count). The number of para-hydroxylation sites is 1. The van der Waals surface area contributed by atoms with Crippen molar-refractivity contribution >= 4 is 55.9 Å². The van der Waals surface area contributed by atoms with Crippen LogP contribution in [0.5, 0.6) is 0 Å². The number of nitrogens with one attached hydrogen (secondary N) is 1. The van der Waals surface area contributed by atoms with Crippen LogP contribution in [0, 0.1) is 5.41 Å². The zero-order chi connectivity index (χ0) is 32.4. The van der Waals surface area contributed by atoms with Crippen LogP contribution in [0.3, 0.4) is 0 Å². The van der Waals surface area contributed by atoms with Gasteiger partial charge in [0, 0.05) is 28.0 Å². The zero-order valence-electron chi connectivity index (χ0n) is 26.9. The highest BCUT2D eigenvalue weighted by Crippen LogP contribution is 2.52. The van der Waals surface area contributed by atoms with Gasteiger partial charge in [0.05, 0.1) is 28.2 Å². The molecular weight excluding hydrogens is 583 g/mol. The summed E-state index contributed by atoms with van der Waals surface area (Å²) in [6, 6.07) is 45.7. The molecule has 1 heterocycles. The molecule has 3 nitrogen and oxygen atoms in total. The van der Waals surface area contributed by atoms with Gasteiger partial charge in [0.2, 0.25) is 0 Å². The average Bonchev–Trinajstić information content (AvgIpc) is 3.57. The van der Waals surface area contributed by atoms with Crippen LogP contribution in [0.2, 0.25) is 0 Å². The summed E-state index contributed by atoms with van der Waals surface area (Å²) >= 11 is 0. The summed E-state index contributed by atoms with van der Waals surface area (Å²) in [7, 11) is 0. The van der Waals surface area contributed by atoms with E-state index in [4.69, 9.17) is 10.4 Å². The summed E-state index contributed by atoms with van der Waals surface area (Å²) in [5.41, 5.74) is 12.7. The molecule has 0 saturated heterocycles. The standard InChI is InChI=1S/C45H33N3/c1-45(2)37-19-8-6-17-32(37)34-24-23-33-35(44(34)45)25-26-42-43(33)36-18-7-11-22-41(36)48(42)28-40(47-39-21-10-9-20-38(39)46)31-16-12-15-30(27-31)29-13-4-3-5-14-29/h3-28,46H,1-2H3/b40-28+,46-38?,47-39?. The van der Waals surface area contributed by atoms with Gasteiger partial charge in [-0.2, -0.15) is 0 Å². The quantitative estimate of drug-likeness (QED) is 0.191. The molecule has 0 radical (unpaired) electrons. The number of aromatic nitrogens is 1. The van der Waals surface area contributed by atoms with Crippen molar-refractivity contribution in [2.45, 2.75) is 19.3 Å². The van der Waals surface area contributed by atoms with Crippen LogP contribution in [0.15, 0.2) is 157 Å². The summed E-state index contributed by atoms with van der Waals surface area (Å²) in [6.45, 7) is 4.71. The third kappa shape index (κ3) is 4.28. The minimum absolute atomic E-state index is 0.100. The highest BCUT2D eigenvalue weighted by Gasteiger charge is 2.36. The number of nitrogens with zero attached hydrogens (tertiary/aromatic N) is 2. The molecule has 48 heavy (non-hydrogen) atoms. The van der Waals surface area contributed by atoms with Gasteiger partial charge >= 0.3 is 0 Å². The highest BCUT2D eigenvalue weighted by molar-refractivity contribution is 6.50. The molecule has 1 aromatic heterocycles. The fourth-order valence-corrected chi connectivity index (χ4v) is 7.82. The minimum atomic E-state index is -0.100. The number of hydrogen-bond donors (Lipinski definition) is 1. The van der Waals surface area contributed by atoms with Gasteiger partial charge in [0.1, 0.15) is 0 Å². The number of allylic oxidation sites excluding steroid dienone is 4. The van der Waals surface area contributed by atoms with Crippen LogP contribution in [-0.2, 0) is 5.41 Å². The molecule has 0 aliphatic heterocycles. The first-order chi connectivity index (χ1) is 23.5. The van der Waals surface area contributed by atoms with Gasteiger partial charge in [-0.1, -0.05) is 135 Å². The van der Waals surface area contributed by atoms with E-state index in [9.17, 15) is 0 Å². The van der Waals surface area contributed by atoms with E-state index in [1.807, 2.05) is 24.3 Å². The maximum absolute atomic E-state index is 8.62. The van der Waals surface area contributed by atoms with Crippen molar-refractivity contribution in [2.75, 3.05) is 0 Å². The van der Waals surface area contributed by atoms with Gasteiger partial charge < -0.3 is 4.57 Å². The molecule has 0 fully saturated rings. The van der Waals surface area contributed by atoms with Crippen LogP contribution in [0.1, 0.15) is 30.5 Å². The number of rotatable bonds is 4. The Kier molecular flexibility index (Phi) is 6.31. The Hall–Kier alpha value is -6.06. The first-order valence-electron chi connectivity index (χ1n) is 16.5. The van der Waals surface area contributed by atoms with Crippen LogP contribution in [0.25, 0.3) is 66.7 Å². The monoisotopic (exact) mass is 615 g/mol. The summed E-state index contributed by atoms with van der Waals surface area (Å²) in [4.78, 5) is 5.16. The molecule has 0 unspecified atom stereocenters. The largest absolute Gasteiger partial charge is 0.314 e. The summed E-state index contributed by atoms with van der Waals surface area (Å²) in [5.74, 6) is 0. The van der Waals surface area contributed by atoms with E-state index in [-0.39, 0.29) is 5.41 Å². The van der Waals surface area contributed by atoms with Crippen LogP contribution >= 0.6 is 0 Å². The highest BCUT2D eigenvalue weighted by atomic mass is 15.0. The fourth-order valence-electron chi connectivity index (χ4n) is 7.82. The molecule has 0 atom stereocenters. The molecule has 0 amide bonds. The second-order valence-electron chi connectivity index (χ2n) is 13.2. The van der Waals surface area contributed by atoms with E-state index in [2.05, 4.69) is 146 Å². The molecule has 3 heteroatoms. The van der Waals surface area contributed by atoms with Crippen molar-refractivity contribution < 1.29 is 0 Å². The Labute approximate surface area is 280 Å². The van der Waals surface area contributed by atoms with E-state index in [1.54, 1.807) is 6.08 Å². The Morgan fingerprint density at radius 3 is 2.27 bits per heavy atom. The Bertz CT molecular complexity index is 2590. The Morgan fingerprint density at radius 1 is 0.646 bits per heavy atom. The van der Waals surface area contributed by atoms with Crippen molar-refractivity contribution in [1.29, 1.82) is 5.41 Å². The first-order valence-corrected chi connectivity index (χ1v) is 16.5. The van der Waals surface area contributed by atoms with Gasteiger partial charge in [-0.05, 0) is 74.5 Å². The molecule has 0 saturated carbocycles. The first kappa shape index (κ1) is 28.2. The zero-order valence-corrected chi connectivity index (χ0v) is 26.9. The average molecular weight is 616 g/mol. The van der Waals surface area contributed by atoms with Crippen molar-refractivity contribution in [1.82, 2.24) is 4.57 Å². The summed E-state index contributed by atoms with van der Waals surface area (Å²) < 4.78 is 2.29. The molecule has 228 valence electrons. The van der Waals surface area contributed by atoms with Crippen LogP contribution in [-0.4, -0.2) is 16.0 Å². The molecular formula is C45H33N3. The summed E-state index contributed by atoms with van der Waals surface area (Å²) in [6.07, 6.45) is 9.69. The molecule has 1 N–H and O–H groups in total. The fraction of sp³-hybridized carbons (Fsp3) is 0.0667. The van der Waals surface area contributed by atoms with E-state index in [0.29, 0.717) is 11.4 Å². The second-order valence-corrected chi connectivity index (χ2v) is 13.2. The van der Waals surface area contributed by atoms with Gasteiger partial charge in [-0.25, -0.2) is 4.99 Å². The molecule has 0 spiro atoms. The van der Waals surface area contributed by atoms with Gasteiger partial charge in [-0.3, -0.25) is 5.41 Å².